The molecule has 0 heterocycles. The van der Waals surface area contributed by atoms with E-state index in [1.807, 2.05) is 6.92 Å². The molecular formula is C24H40O4. The van der Waals surface area contributed by atoms with E-state index >= 15 is 0 Å². The lowest BCUT2D eigenvalue weighted by Gasteiger charge is -2.62. The molecule has 0 aromatic carbocycles. The molecule has 4 aliphatic rings. The number of aliphatic hydroxyl groups excluding tert-OH is 2. The Morgan fingerprint density at radius 3 is 2.57 bits per heavy atom. The summed E-state index contributed by atoms with van der Waals surface area (Å²) in [6.07, 6.45) is -1.38. The van der Waals surface area contributed by atoms with E-state index in [-0.39, 0.29) is 42.4 Å². The second-order valence-corrected chi connectivity index (χ2v) is 10.7. The molecule has 0 spiro atoms. The third kappa shape index (κ3) is 3.14. The average molecular weight is 397 g/mol. The summed E-state index contributed by atoms with van der Waals surface area (Å²) in [6.45, 7) is 6.48. The van der Waals surface area contributed by atoms with Crippen LogP contribution in [0.25, 0.3) is 0 Å². The van der Waals surface area contributed by atoms with E-state index in [1.165, 1.54) is 0 Å². The topological polar surface area (TPSA) is 77.8 Å². The van der Waals surface area contributed by atoms with Crippen molar-refractivity contribution in [3.05, 3.63) is 0 Å². The van der Waals surface area contributed by atoms with E-state index < -0.39 is 42.3 Å². The first kappa shape index (κ1) is 16.1. The molecule has 0 aromatic heterocycles. The summed E-state index contributed by atoms with van der Waals surface area (Å²) in [4.78, 5) is 11.1. The van der Waals surface area contributed by atoms with E-state index in [0.29, 0.717) is 18.3 Å². The van der Waals surface area contributed by atoms with E-state index in [9.17, 15) is 15.0 Å². The molecule has 160 valence electrons. The Kier molecular flexibility index (Phi) is 4.19. The second-order valence-electron chi connectivity index (χ2n) is 10.7. The molecule has 0 radical (unpaired) electrons. The molecule has 4 heteroatoms. The monoisotopic (exact) mass is 396 g/mol. The van der Waals surface area contributed by atoms with Crippen molar-refractivity contribution in [3.8, 4) is 0 Å². The maximum atomic E-state index is 11.3. The molecule has 4 rings (SSSR count). The highest BCUT2D eigenvalue weighted by atomic mass is 16.4. The lowest BCUT2D eigenvalue weighted by atomic mass is 9.43. The lowest BCUT2D eigenvalue weighted by Crippen LogP contribution is -2.58. The van der Waals surface area contributed by atoms with Gasteiger partial charge < -0.3 is 15.3 Å². The van der Waals surface area contributed by atoms with Crippen molar-refractivity contribution in [1.82, 2.24) is 0 Å². The Morgan fingerprint density at radius 1 is 1.14 bits per heavy atom. The largest absolute Gasteiger partial charge is 0.481 e. The standard InChI is InChI=1S/C24H40O4/c1-14(4-7-21(27)28)17-5-6-18-22-19(9-11-24(17,18)3)23(2)10-8-16(25)12-15(23)13-20(22)26/h14-20,22,25-26H,4-13H2,1-3H3,(H,27,28)/t14-,15+,16-,17-,18?,19+,20+,22+,23+,24-/m1/s1/i8D2,12D2. The maximum Gasteiger partial charge on any atom is 0.303 e. The van der Waals surface area contributed by atoms with Gasteiger partial charge in [-0.05, 0) is 104 Å². The zero-order valence-corrected chi connectivity index (χ0v) is 17.5. The van der Waals surface area contributed by atoms with E-state index in [0.717, 1.165) is 25.7 Å². The molecule has 0 aliphatic heterocycles. The number of hydrogen-bond acceptors (Lipinski definition) is 3. The molecule has 0 bridgehead atoms. The molecule has 4 nitrogen and oxygen atoms in total. The summed E-state index contributed by atoms with van der Waals surface area (Å²) in [5, 5.41) is 31.0. The fourth-order valence-corrected chi connectivity index (χ4v) is 8.03. The first-order chi connectivity index (χ1) is 14.7. The number of fused-ring (bicyclic) bond motifs is 5. The molecular weight excluding hydrogens is 352 g/mol. The fourth-order valence-electron chi connectivity index (χ4n) is 8.03. The van der Waals surface area contributed by atoms with Crippen LogP contribution in [0, 0.1) is 46.3 Å². The van der Waals surface area contributed by atoms with Crippen LogP contribution >= 0.6 is 0 Å². The predicted molar refractivity (Wildman–Crippen MR) is 109 cm³/mol. The average Bonchev–Trinajstić information content (AvgIpc) is 3.03. The van der Waals surface area contributed by atoms with Gasteiger partial charge in [-0.2, -0.15) is 0 Å². The SMILES string of the molecule is [2H]C1([2H])C[C@@]2(C)[C@H](C[C@H](O)[C@H]3C4CC[C@H]([C@H](C)CCC(=O)O)[C@@]4(C)CC[C@@H]32)C([2H])([2H])[C@@H]1O. The lowest BCUT2D eigenvalue weighted by molar-refractivity contribution is -0.174. The number of hydrogen-bond donors (Lipinski definition) is 3. The van der Waals surface area contributed by atoms with Gasteiger partial charge in [-0.25, -0.2) is 0 Å². The molecule has 4 saturated carbocycles. The number of carbonyl (C=O) groups is 1. The van der Waals surface area contributed by atoms with Crippen molar-refractivity contribution >= 4 is 5.97 Å². The molecule has 10 atom stereocenters. The van der Waals surface area contributed by atoms with Gasteiger partial charge in [0.25, 0.3) is 0 Å². The van der Waals surface area contributed by atoms with Gasteiger partial charge in [-0.15, -0.1) is 0 Å². The summed E-state index contributed by atoms with van der Waals surface area (Å²) < 4.78 is 34.0. The van der Waals surface area contributed by atoms with Crippen LogP contribution in [0.15, 0.2) is 0 Å². The van der Waals surface area contributed by atoms with Crippen LogP contribution in [-0.4, -0.2) is 33.5 Å². The smallest absolute Gasteiger partial charge is 0.303 e. The van der Waals surface area contributed by atoms with E-state index in [1.54, 1.807) is 0 Å². The van der Waals surface area contributed by atoms with Crippen molar-refractivity contribution < 1.29 is 25.6 Å². The quantitative estimate of drug-likeness (QED) is 0.655. The first-order valence-corrected chi connectivity index (χ1v) is 11.2. The normalized spacial score (nSPS) is 57.4. The number of aliphatic carboxylic acids is 1. The number of carboxylic acid groups (broad SMARTS) is 1. The van der Waals surface area contributed by atoms with Crippen molar-refractivity contribution in [3.63, 3.8) is 0 Å². The van der Waals surface area contributed by atoms with Gasteiger partial charge in [0.15, 0.2) is 0 Å². The highest BCUT2D eigenvalue weighted by Gasteiger charge is 2.62. The van der Waals surface area contributed by atoms with Gasteiger partial charge in [0.1, 0.15) is 0 Å². The van der Waals surface area contributed by atoms with Crippen LogP contribution in [0.1, 0.15) is 90.4 Å². The van der Waals surface area contributed by atoms with Crippen LogP contribution in [0.4, 0.5) is 0 Å². The Hall–Kier alpha value is -0.610. The van der Waals surface area contributed by atoms with Crippen LogP contribution in [0.3, 0.4) is 0 Å². The highest BCUT2D eigenvalue weighted by Crippen LogP contribution is 2.68. The molecule has 0 saturated heterocycles. The van der Waals surface area contributed by atoms with Gasteiger partial charge in [0, 0.05) is 11.9 Å². The van der Waals surface area contributed by atoms with E-state index in [4.69, 9.17) is 10.6 Å². The minimum atomic E-state index is -2.08. The molecule has 3 N–H and O–H groups in total. The number of rotatable bonds is 4. The number of carboxylic acids is 1. The fraction of sp³-hybridized carbons (Fsp3) is 0.958. The minimum Gasteiger partial charge on any atom is -0.481 e. The summed E-state index contributed by atoms with van der Waals surface area (Å²) in [7, 11) is 0. The van der Waals surface area contributed by atoms with Crippen LogP contribution in [-0.2, 0) is 4.79 Å². The Bertz CT molecular complexity index is 760. The Labute approximate surface area is 175 Å². The second kappa shape index (κ2) is 7.27. The third-order valence-electron chi connectivity index (χ3n) is 9.51. The van der Waals surface area contributed by atoms with Crippen molar-refractivity contribution in [2.75, 3.05) is 0 Å². The van der Waals surface area contributed by atoms with Gasteiger partial charge in [-0.3, -0.25) is 4.79 Å². The minimum absolute atomic E-state index is 0.00789. The Balaban J connectivity index is 1.64. The molecule has 28 heavy (non-hydrogen) atoms. The van der Waals surface area contributed by atoms with Crippen molar-refractivity contribution in [1.29, 1.82) is 0 Å². The van der Waals surface area contributed by atoms with Gasteiger partial charge >= 0.3 is 5.97 Å². The van der Waals surface area contributed by atoms with Crippen molar-refractivity contribution in [2.45, 2.75) is 97.1 Å². The number of aliphatic hydroxyl groups is 2. The third-order valence-corrected chi connectivity index (χ3v) is 9.51. The predicted octanol–water partition coefficient (Wildman–Crippen LogP) is 4.48. The van der Waals surface area contributed by atoms with Gasteiger partial charge in [-0.1, -0.05) is 20.8 Å². The first-order valence-electron chi connectivity index (χ1n) is 13.2. The summed E-state index contributed by atoms with van der Waals surface area (Å²) >= 11 is 0. The summed E-state index contributed by atoms with van der Waals surface area (Å²) in [5.41, 5.74) is -0.583. The van der Waals surface area contributed by atoms with Crippen LogP contribution in [0.2, 0.25) is 0 Å². The van der Waals surface area contributed by atoms with Crippen LogP contribution < -0.4 is 0 Å². The van der Waals surface area contributed by atoms with Gasteiger partial charge in [0.2, 0.25) is 0 Å². The highest BCUT2D eigenvalue weighted by molar-refractivity contribution is 5.66. The zero-order chi connectivity index (χ0) is 23.9. The van der Waals surface area contributed by atoms with Gasteiger partial charge in [0.05, 0.1) is 12.2 Å². The molecule has 4 aliphatic carbocycles. The molecule has 0 amide bonds. The maximum absolute atomic E-state index is 11.3. The molecule has 0 aromatic rings. The molecule has 1 unspecified atom stereocenters. The Morgan fingerprint density at radius 2 is 1.86 bits per heavy atom. The van der Waals surface area contributed by atoms with Crippen LogP contribution in [0.5, 0.6) is 0 Å². The van der Waals surface area contributed by atoms with Crippen molar-refractivity contribution in [2.24, 2.45) is 46.3 Å². The molecule has 4 fully saturated rings. The summed E-state index contributed by atoms with van der Waals surface area (Å²) in [5.74, 6) is -0.291. The summed E-state index contributed by atoms with van der Waals surface area (Å²) in [6, 6.07) is 0. The zero-order valence-electron chi connectivity index (χ0n) is 21.5. The van der Waals surface area contributed by atoms with E-state index in [2.05, 4.69) is 13.8 Å².